The third-order valence-corrected chi connectivity index (χ3v) is 1.19. The molecule has 1 heteroatoms. The molecule has 0 amide bonds. The molecule has 0 saturated carbocycles. The van der Waals surface area contributed by atoms with Crippen LogP contribution in [0.5, 0.6) is 0 Å². The van der Waals surface area contributed by atoms with Crippen molar-refractivity contribution in [3.05, 3.63) is 11.6 Å². The maximum Gasteiger partial charge on any atom is 0.155 e. The highest BCUT2D eigenvalue weighted by molar-refractivity contribution is 5.90. The van der Waals surface area contributed by atoms with E-state index in [9.17, 15) is 4.79 Å². The van der Waals surface area contributed by atoms with Gasteiger partial charge >= 0.3 is 0 Å². The highest BCUT2D eigenvalue weighted by Crippen LogP contribution is 1.98. The minimum Gasteiger partial charge on any atom is -0.295 e. The number of rotatable bonds is 4. The van der Waals surface area contributed by atoms with Crippen molar-refractivity contribution >= 4 is 5.78 Å². The molecule has 0 heterocycles. The van der Waals surface area contributed by atoms with Crippen LogP contribution in [0.4, 0.5) is 0 Å². The predicted octanol–water partition coefficient (Wildman–Crippen LogP) is 2.33. The van der Waals surface area contributed by atoms with E-state index in [0.717, 1.165) is 12.0 Å². The lowest BCUT2D eigenvalue weighted by Gasteiger charge is -1.92. The van der Waals surface area contributed by atoms with Gasteiger partial charge in [-0.15, -0.1) is 12.3 Å². The van der Waals surface area contributed by atoms with E-state index in [1.165, 1.54) is 0 Å². The van der Waals surface area contributed by atoms with Gasteiger partial charge in [-0.1, -0.05) is 5.57 Å². The van der Waals surface area contributed by atoms with Gasteiger partial charge < -0.3 is 0 Å². The molecule has 11 heavy (non-hydrogen) atoms. The van der Waals surface area contributed by atoms with Crippen LogP contribution in [0.1, 0.15) is 33.1 Å². The van der Waals surface area contributed by atoms with Crippen molar-refractivity contribution in [1.29, 1.82) is 0 Å². The second-order valence-electron chi connectivity index (χ2n) is 2.75. The highest BCUT2D eigenvalue weighted by atomic mass is 16.1. The minimum absolute atomic E-state index is 0.181. The van der Waals surface area contributed by atoms with Crippen LogP contribution in [-0.4, -0.2) is 5.78 Å². The fourth-order valence-electron chi connectivity index (χ4n) is 0.759. The van der Waals surface area contributed by atoms with Crippen LogP contribution in [0.25, 0.3) is 0 Å². The molecule has 0 aliphatic rings. The number of carbonyl (C=O) groups is 1. The minimum atomic E-state index is 0.181. The molecule has 1 nitrogen and oxygen atoms in total. The van der Waals surface area contributed by atoms with Crippen molar-refractivity contribution in [2.75, 3.05) is 0 Å². The Hall–Kier alpha value is -1.03. The number of unbranched alkanes of at least 4 members (excludes halogenated alkanes) is 1. The number of terminal acetylenes is 1. The molecular weight excluding hydrogens is 136 g/mol. The molecule has 0 radical (unpaired) electrons. The van der Waals surface area contributed by atoms with Crippen molar-refractivity contribution in [2.24, 2.45) is 0 Å². The SMILES string of the molecule is C#CCCCC(=O)C=C(C)C. The highest BCUT2D eigenvalue weighted by Gasteiger charge is 1.95. The van der Waals surface area contributed by atoms with Crippen molar-refractivity contribution in [1.82, 2.24) is 0 Å². The van der Waals surface area contributed by atoms with Crippen LogP contribution in [0.3, 0.4) is 0 Å². The predicted molar refractivity (Wildman–Crippen MR) is 47.1 cm³/mol. The van der Waals surface area contributed by atoms with E-state index in [0.29, 0.717) is 12.8 Å². The Labute approximate surface area is 68.5 Å². The molecule has 0 N–H and O–H groups in total. The van der Waals surface area contributed by atoms with Gasteiger partial charge in [0.1, 0.15) is 0 Å². The van der Waals surface area contributed by atoms with Crippen molar-refractivity contribution in [3.8, 4) is 12.3 Å². The number of hydrogen-bond donors (Lipinski definition) is 0. The van der Waals surface area contributed by atoms with Crippen molar-refractivity contribution in [3.63, 3.8) is 0 Å². The fourth-order valence-corrected chi connectivity index (χ4v) is 0.759. The van der Waals surface area contributed by atoms with Crippen LogP contribution in [-0.2, 0) is 4.79 Å². The molecule has 0 unspecified atom stereocenters. The summed E-state index contributed by atoms with van der Waals surface area (Å²) < 4.78 is 0. The van der Waals surface area contributed by atoms with E-state index in [2.05, 4.69) is 5.92 Å². The normalized spacial score (nSPS) is 8.45. The molecular formula is C10H14O. The van der Waals surface area contributed by atoms with E-state index in [-0.39, 0.29) is 5.78 Å². The molecule has 0 spiro atoms. The molecule has 0 atom stereocenters. The summed E-state index contributed by atoms with van der Waals surface area (Å²) in [6.45, 7) is 3.83. The summed E-state index contributed by atoms with van der Waals surface area (Å²) in [5, 5.41) is 0. The zero-order valence-electron chi connectivity index (χ0n) is 7.18. The molecule has 0 aromatic carbocycles. The Kier molecular flexibility index (Phi) is 5.20. The summed E-state index contributed by atoms with van der Waals surface area (Å²) in [7, 11) is 0. The molecule has 0 aliphatic heterocycles. The number of carbonyl (C=O) groups excluding carboxylic acids is 1. The molecule has 0 aliphatic carbocycles. The van der Waals surface area contributed by atoms with Gasteiger partial charge in [0.05, 0.1) is 0 Å². The summed E-state index contributed by atoms with van der Waals surface area (Å²) in [6, 6.07) is 0. The first kappa shape index (κ1) is 9.97. The zero-order chi connectivity index (χ0) is 8.69. The first-order chi connectivity index (χ1) is 5.16. The molecule has 0 bridgehead atoms. The molecule has 60 valence electrons. The van der Waals surface area contributed by atoms with Gasteiger partial charge in [0.15, 0.2) is 5.78 Å². The average Bonchev–Trinajstić information content (AvgIpc) is 1.86. The molecule has 0 fully saturated rings. The van der Waals surface area contributed by atoms with Crippen LogP contribution in [0, 0.1) is 12.3 Å². The molecule has 0 rings (SSSR count). The van der Waals surface area contributed by atoms with Crippen molar-refractivity contribution in [2.45, 2.75) is 33.1 Å². The van der Waals surface area contributed by atoms with E-state index < -0.39 is 0 Å². The lowest BCUT2D eigenvalue weighted by molar-refractivity contribution is -0.114. The Morgan fingerprint density at radius 2 is 2.18 bits per heavy atom. The van der Waals surface area contributed by atoms with E-state index in [1.54, 1.807) is 6.08 Å². The monoisotopic (exact) mass is 150 g/mol. The van der Waals surface area contributed by atoms with Gasteiger partial charge in [0.25, 0.3) is 0 Å². The quantitative estimate of drug-likeness (QED) is 0.341. The summed E-state index contributed by atoms with van der Waals surface area (Å²) in [6.07, 6.45) is 8.78. The Bertz CT molecular complexity index is 189. The summed E-state index contributed by atoms with van der Waals surface area (Å²) in [5.74, 6) is 2.68. The van der Waals surface area contributed by atoms with Crippen LogP contribution < -0.4 is 0 Å². The largest absolute Gasteiger partial charge is 0.295 e. The zero-order valence-corrected chi connectivity index (χ0v) is 7.18. The first-order valence-electron chi connectivity index (χ1n) is 3.78. The lowest BCUT2D eigenvalue weighted by atomic mass is 10.1. The van der Waals surface area contributed by atoms with Gasteiger partial charge in [-0.05, 0) is 26.3 Å². The third kappa shape index (κ3) is 6.86. The van der Waals surface area contributed by atoms with Crippen LogP contribution in [0.15, 0.2) is 11.6 Å². The van der Waals surface area contributed by atoms with Crippen LogP contribution >= 0.6 is 0 Å². The van der Waals surface area contributed by atoms with Gasteiger partial charge in [-0.25, -0.2) is 0 Å². The Balaban J connectivity index is 3.56. The fraction of sp³-hybridized carbons (Fsp3) is 0.500. The van der Waals surface area contributed by atoms with Crippen LogP contribution in [0.2, 0.25) is 0 Å². The maximum atomic E-state index is 11.0. The number of allylic oxidation sites excluding steroid dienone is 2. The summed E-state index contributed by atoms with van der Waals surface area (Å²) >= 11 is 0. The number of hydrogen-bond acceptors (Lipinski definition) is 1. The van der Waals surface area contributed by atoms with Gasteiger partial charge in [0, 0.05) is 12.8 Å². The third-order valence-electron chi connectivity index (χ3n) is 1.19. The first-order valence-corrected chi connectivity index (χ1v) is 3.78. The van der Waals surface area contributed by atoms with Gasteiger partial charge in [-0.2, -0.15) is 0 Å². The Morgan fingerprint density at radius 3 is 2.64 bits per heavy atom. The lowest BCUT2D eigenvalue weighted by Crippen LogP contribution is -1.92. The standard InChI is InChI=1S/C10H14O/c1-4-5-6-7-10(11)8-9(2)3/h1,8H,5-7H2,2-3H3. The molecule has 0 aromatic rings. The topological polar surface area (TPSA) is 17.1 Å². The van der Waals surface area contributed by atoms with E-state index in [4.69, 9.17) is 6.42 Å². The summed E-state index contributed by atoms with van der Waals surface area (Å²) in [5.41, 5.74) is 1.05. The summed E-state index contributed by atoms with van der Waals surface area (Å²) in [4.78, 5) is 11.0. The molecule has 0 aromatic heterocycles. The second kappa shape index (κ2) is 5.73. The van der Waals surface area contributed by atoms with E-state index >= 15 is 0 Å². The number of ketones is 1. The van der Waals surface area contributed by atoms with E-state index in [1.807, 2.05) is 13.8 Å². The maximum absolute atomic E-state index is 11.0. The molecule has 0 saturated heterocycles. The average molecular weight is 150 g/mol. The van der Waals surface area contributed by atoms with Gasteiger partial charge in [-0.3, -0.25) is 4.79 Å². The van der Waals surface area contributed by atoms with Crippen molar-refractivity contribution < 1.29 is 4.79 Å². The smallest absolute Gasteiger partial charge is 0.155 e. The Morgan fingerprint density at radius 1 is 1.55 bits per heavy atom. The van der Waals surface area contributed by atoms with Gasteiger partial charge in [0.2, 0.25) is 0 Å². The second-order valence-corrected chi connectivity index (χ2v) is 2.75.